The number of hydrogen-bond acceptors (Lipinski definition) is 7. The topological polar surface area (TPSA) is 108 Å². The summed E-state index contributed by atoms with van der Waals surface area (Å²) >= 11 is 1.28. The van der Waals surface area contributed by atoms with Crippen LogP contribution in [0.1, 0.15) is 22.5 Å². The number of nitrogens with one attached hydrogen (secondary N) is 3. The van der Waals surface area contributed by atoms with Gasteiger partial charge in [0.1, 0.15) is 27.0 Å². The Morgan fingerprint density at radius 1 is 1.11 bits per heavy atom. The molecule has 1 aromatic carbocycles. The molecule has 1 fully saturated rings. The van der Waals surface area contributed by atoms with Gasteiger partial charge in [-0.05, 0) is 49.7 Å². The van der Waals surface area contributed by atoms with Crippen LogP contribution in [0.4, 0.5) is 22.0 Å². The van der Waals surface area contributed by atoms with Gasteiger partial charge in [0.15, 0.2) is 0 Å². The zero-order valence-electron chi connectivity index (χ0n) is 18.7. The Morgan fingerprint density at radius 3 is 2.77 bits per heavy atom. The van der Waals surface area contributed by atoms with Gasteiger partial charge in [-0.2, -0.15) is 0 Å². The molecule has 6 rings (SSSR count). The highest BCUT2D eigenvalue weighted by molar-refractivity contribution is 7.21. The molecule has 3 N–H and O–H groups in total. The van der Waals surface area contributed by atoms with Crippen LogP contribution in [0.15, 0.2) is 60.9 Å². The van der Waals surface area contributed by atoms with Crippen LogP contribution in [-0.2, 0) is 0 Å². The number of pyridine rings is 2. The number of carbonyl (C=O) groups excluding carboxylic acids is 2. The van der Waals surface area contributed by atoms with Gasteiger partial charge < -0.3 is 20.7 Å². The maximum atomic E-state index is 13.2. The number of benzene rings is 1. The largest absolute Gasteiger partial charge is 0.456 e. The minimum Gasteiger partial charge on any atom is -0.456 e. The number of hydrogen-bond donors (Lipinski definition) is 3. The first-order valence-corrected chi connectivity index (χ1v) is 12.2. The molecule has 0 saturated carbocycles. The molecule has 4 aromatic rings. The van der Waals surface area contributed by atoms with E-state index in [1.54, 1.807) is 30.6 Å². The molecule has 1 unspecified atom stereocenters. The van der Waals surface area contributed by atoms with E-state index in [1.165, 1.54) is 16.2 Å². The quantitative estimate of drug-likeness (QED) is 0.379. The lowest BCUT2D eigenvalue weighted by Crippen LogP contribution is -2.45. The number of para-hydroxylation sites is 1. The van der Waals surface area contributed by atoms with Gasteiger partial charge in [-0.1, -0.05) is 18.2 Å². The minimum atomic E-state index is -0.388. The Hall–Kier alpha value is -4.02. The fraction of sp³-hybridized carbons (Fsp3) is 0.200. The van der Waals surface area contributed by atoms with Crippen molar-refractivity contribution in [3.8, 4) is 11.5 Å². The number of ether oxygens (including phenoxy) is 1. The van der Waals surface area contributed by atoms with Crippen molar-refractivity contribution in [2.24, 2.45) is 0 Å². The maximum Gasteiger partial charge on any atom is 0.332 e. The van der Waals surface area contributed by atoms with E-state index in [2.05, 4.69) is 25.9 Å². The number of amides is 3. The molecule has 1 saturated heterocycles. The zero-order valence-corrected chi connectivity index (χ0v) is 19.5. The summed E-state index contributed by atoms with van der Waals surface area (Å²) in [6, 6.07) is 14.4. The molecule has 5 heterocycles. The smallest absolute Gasteiger partial charge is 0.332 e. The second-order valence-corrected chi connectivity index (χ2v) is 9.37. The van der Waals surface area contributed by atoms with Crippen LogP contribution >= 0.6 is 11.3 Å². The Bertz CT molecular complexity index is 1400. The highest BCUT2D eigenvalue weighted by Crippen LogP contribution is 2.45. The average molecular weight is 487 g/mol. The molecule has 0 bridgehead atoms. The molecule has 35 heavy (non-hydrogen) atoms. The van der Waals surface area contributed by atoms with Gasteiger partial charge >= 0.3 is 6.03 Å². The van der Waals surface area contributed by atoms with E-state index in [4.69, 9.17) is 4.74 Å². The van der Waals surface area contributed by atoms with E-state index in [0.717, 1.165) is 31.3 Å². The number of carbonyl (C=O) groups is 2. The average Bonchev–Trinajstić information content (AvgIpc) is 3.26. The molecule has 10 heteroatoms. The molecular formula is C25H22N6O3S. The van der Waals surface area contributed by atoms with Crippen LogP contribution in [0, 0.1) is 0 Å². The SMILES string of the molecule is O=C(NC1CCCNC1)c1sc2nccc3c2c1NC(=O)N3c1ccc(Oc2ccccc2)cn1. The third-order valence-corrected chi connectivity index (χ3v) is 7.11. The number of anilines is 3. The summed E-state index contributed by atoms with van der Waals surface area (Å²) in [5, 5.41) is 10.0. The summed E-state index contributed by atoms with van der Waals surface area (Å²) in [5.74, 6) is 1.50. The lowest BCUT2D eigenvalue weighted by molar-refractivity contribution is 0.0935. The summed E-state index contributed by atoms with van der Waals surface area (Å²) in [7, 11) is 0. The highest BCUT2D eigenvalue weighted by atomic mass is 32.1. The Morgan fingerprint density at radius 2 is 2.00 bits per heavy atom. The van der Waals surface area contributed by atoms with Crippen molar-refractivity contribution in [1.82, 2.24) is 20.6 Å². The van der Waals surface area contributed by atoms with Crippen LogP contribution in [-0.4, -0.2) is 41.0 Å². The number of aromatic nitrogens is 2. The van der Waals surface area contributed by atoms with Gasteiger partial charge in [-0.3, -0.25) is 4.79 Å². The molecular weight excluding hydrogens is 464 g/mol. The number of piperidine rings is 1. The van der Waals surface area contributed by atoms with Crippen molar-refractivity contribution in [3.63, 3.8) is 0 Å². The van der Waals surface area contributed by atoms with Gasteiger partial charge in [0.25, 0.3) is 5.91 Å². The third-order valence-electron chi connectivity index (χ3n) is 6.01. The predicted octanol–water partition coefficient (Wildman–Crippen LogP) is 4.65. The molecule has 0 spiro atoms. The van der Waals surface area contributed by atoms with Crippen LogP contribution in [0.5, 0.6) is 11.5 Å². The molecule has 3 amide bonds. The van der Waals surface area contributed by atoms with Crippen molar-refractivity contribution in [2.45, 2.75) is 18.9 Å². The van der Waals surface area contributed by atoms with Gasteiger partial charge in [-0.15, -0.1) is 11.3 Å². The summed E-state index contributed by atoms with van der Waals surface area (Å²) in [5.41, 5.74) is 1.13. The lowest BCUT2D eigenvalue weighted by atomic mass is 10.1. The van der Waals surface area contributed by atoms with E-state index >= 15 is 0 Å². The fourth-order valence-electron chi connectivity index (χ4n) is 4.39. The van der Waals surface area contributed by atoms with Crippen molar-refractivity contribution in [3.05, 3.63) is 65.8 Å². The van der Waals surface area contributed by atoms with E-state index in [-0.39, 0.29) is 18.0 Å². The summed E-state index contributed by atoms with van der Waals surface area (Å²) in [4.78, 5) is 37.9. The number of urea groups is 1. The molecule has 3 aromatic heterocycles. The van der Waals surface area contributed by atoms with Gasteiger partial charge in [0.2, 0.25) is 0 Å². The molecule has 0 radical (unpaired) electrons. The second-order valence-electron chi connectivity index (χ2n) is 8.37. The fourth-order valence-corrected chi connectivity index (χ4v) is 5.41. The third kappa shape index (κ3) is 4.07. The van der Waals surface area contributed by atoms with Crippen LogP contribution in [0.25, 0.3) is 10.2 Å². The maximum absolute atomic E-state index is 13.2. The van der Waals surface area contributed by atoms with Crippen molar-refractivity contribution in [1.29, 1.82) is 0 Å². The monoisotopic (exact) mass is 486 g/mol. The Labute approximate surface area is 205 Å². The molecule has 0 aliphatic carbocycles. The van der Waals surface area contributed by atoms with Gasteiger partial charge in [0, 0.05) is 18.8 Å². The van der Waals surface area contributed by atoms with Crippen molar-refractivity contribution < 1.29 is 14.3 Å². The first-order valence-electron chi connectivity index (χ1n) is 11.4. The first kappa shape index (κ1) is 21.5. The first-order chi connectivity index (χ1) is 17.2. The van der Waals surface area contributed by atoms with Crippen molar-refractivity contribution >= 4 is 50.7 Å². The van der Waals surface area contributed by atoms with Crippen LogP contribution < -0.4 is 25.6 Å². The van der Waals surface area contributed by atoms with E-state index < -0.39 is 0 Å². The second kappa shape index (κ2) is 8.97. The molecule has 9 nitrogen and oxygen atoms in total. The standard InChI is InChI=1S/C25H22N6O3S/c32-23(29-15-5-4-11-26-13-15)22-21-20-18(10-12-27-24(20)35-22)31(25(33)30-21)19-9-8-17(14-28-19)34-16-6-2-1-3-7-16/h1-3,6-10,12,14-15,26H,4-5,11,13H2,(H,29,32)(H,30,33). The predicted molar refractivity (Wildman–Crippen MR) is 135 cm³/mol. The lowest BCUT2D eigenvalue weighted by Gasteiger charge is -2.28. The molecule has 176 valence electrons. The number of thiophene rings is 1. The number of rotatable bonds is 5. The van der Waals surface area contributed by atoms with Gasteiger partial charge in [-0.25, -0.2) is 19.7 Å². The summed E-state index contributed by atoms with van der Waals surface area (Å²) < 4.78 is 5.81. The molecule has 2 aliphatic heterocycles. The van der Waals surface area contributed by atoms with Gasteiger partial charge in [0.05, 0.1) is 23.0 Å². The normalized spacial score (nSPS) is 17.2. The zero-order chi connectivity index (χ0) is 23.8. The molecule has 1 atom stereocenters. The van der Waals surface area contributed by atoms with E-state index in [0.29, 0.717) is 38.4 Å². The van der Waals surface area contributed by atoms with Crippen LogP contribution in [0.2, 0.25) is 0 Å². The van der Waals surface area contributed by atoms with Crippen LogP contribution in [0.3, 0.4) is 0 Å². The summed E-state index contributed by atoms with van der Waals surface area (Å²) in [6.45, 7) is 1.71. The van der Waals surface area contributed by atoms with E-state index in [1.807, 2.05) is 30.3 Å². The Kier molecular flexibility index (Phi) is 5.51. The van der Waals surface area contributed by atoms with E-state index in [9.17, 15) is 9.59 Å². The summed E-state index contributed by atoms with van der Waals surface area (Å²) in [6.07, 6.45) is 5.17. The Balaban J connectivity index is 1.31. The number of nitrogens with zero attached hydrogens (tertiary/aromatic N) is 3. The van der Waals surface area contributed by atoms with Crippen molar-refractivity contribution in [2.75, 3.05) is 23.3 Å². The minimum absolute atomic E-state index is 0.0673. The highest BCUT2D eigenvalue weighted by Gasteiger charge is 2.33. The molecule has 2 aliphatic rings.